The molecule has 0 radical (unpaired) electrons. The summed E-state index contributed by atoms with van der Waals surface area (Å²) in [5, 5.41) is -0.215. The maximum atomic E-state index is 13.4. The van der Waals surface area contributed by atoms with Crippen molar-refractivity contribution in [3.63, 3.8) is 0 Å². The van der Waals surface area contributed by atoms with Crippen LogP contribution < -0.4 is 0 Å². The highest BCUT2D eigenvalue weighted by molar-refractivity contribution is 7.89. The Labute approximate surface area is 187 Å². The summed E-state index contributed by atoms with van der Waals surface area (Å²) < 4.78 is 40.5. The quantitative estimate of drug-likeness (QED) is 0.673. The number of hydrogen-bond donors (Lipinski definition) is 0. The number of rotatable bonds is 5. The van der Waals surface area contributed by atoms with Gasteiger partial charge in [-0.1, -0.05) is 41.4 Å². The largest absolute Gasteiger partial charge is 0.320 e. The van der Waals surface area contributed by atoms with Gasteiger partial charge in [-0.25, -0.2) is 17.6 Å². The zero-order chi connectivity index (χ0) is 22.2. The maximum Gasteiger partial charge on any atom is 0.320 e. The molecule has 2 aromatic carbocycles. The average molecular weight is 466 g/mol. The van der Waals surface area contributed by atoms with Crippen molar-refractivity contribution in [1.29, 1.82) is 0 Å². The molecular formula is C22H25ClFN3O3S. The molecule has 9 heteroatoms. The van der Waals surface area contributed by atoms with Gasteiger partial charge < -0.3 is 9.80 Å². The molecule has 0 atom stereocenters. The van der Waals surface area contributed by atoms with Gasteiger partial charge >= 0.3 is 6.03 Å². The van der Waals surface area contributed by atoms with Crippen molar-refractivity contribution in [3.05, 3.63) is 64.4 Å². The van der Waals surface area contributed by atoms with Crippen molar-refractivity contribution in [2.45, 2.75) is 37.2 Å². The van der Waals surface area contributed by atoms with Crippen molar-refractivity contribution in [1.82, 2.24) is 14.1 Å². The van der Waals surface area contributed by atoms with Gasteiger partial charge in [0, 0.05) is 38.8 Å². The van der Waals surface area contributed by atoms with Crippen molar-refractivity contribution in [2.75, 3.05) is 26.2 Å². The van der Waals surface area contributed by atoms with Crippen LogP contribution in [-0.2, 0) is 16.6 Å². The number of nitrogens with zero attached hydrogens (tertiary/aromatic N) is 3. The molecule has 2 aromatic rings. The fourth-order valence-electron chi connectivity index (χ4n) is 4.18. The molecule has 2 heterocycles. The molecule has 2 amide bonds. The minimum atomic E-state index is -3.75. The molecule has 0 spiro atoms. The minimum absolute atomic E-state index is 0.00667. The van der Waals surface area contributed by atoms with Gasteiger partial charge in [0.1, 0.15) is 5.82 Å². The van der Waals surface area contributed by atoms with Gasteiger partial charge in [-0.3, -0.25) is 0 Å². The zero-order valence-electron chi connectivity index (χ0n) is 17.3. The predicted octanol–water partition coefficient (Wildman–Crippen LogP) is 3.88. The van der Waals surface area contributed by atoms with E-state index in [9.17, 15) is 17.6 Å². The summed E-state index contributed by atoms with van der Waals surface area (Å²) in [6.07, 6.45) is 1.14. The molecule has 0 N–H and O–H groups in total. The van der Waals surface area contributed by atoms with Gasteiger partial charge in [-0.15, -0.1) is 0 Å². The Hall–Kier alpha value is -2.16. The molecule has 2 saturated heterocycles. The number of aryl methyl sites for hydroxylation is 1. The highest BCUT2D eigenvalue weighted by atomic mass is 35.5. The molecule has 6 nitrogen and oxygen atoms in total. The van der Waals surface area contributed by atoms with Gasteiger partial charge in [0.25, 0.3) is 0 Å². The summed E-state index contributed by atoms with van der Waals surface area (Å²) in [6.45, 7) is 4.54. The van der Waals surface area contributed by atoms with E-state index in [-0.39, 0.29) is 22.0 Å². The van der Waals surface area contributed by atoms with E-state index in [0.717, 1.165) is 17.7 Å². The lowest BCUT2D eigenvalue weighted by Gasteiger charge is -2.35. The van der Waals surface area contributed by atoms with Crippen LogP contribution in [0.4, 0.5) is 9.18 Å². The van der Waals surface area contributed by atoms with Crippen LogP contribution >= 0.6 is 11.6 Å². The van der Waals surface area contributed by atoms with E-state index < -0.39 is 15.8 Å². The van der Waals surface area contributed by atoms with Gasteiger partial charge in [0.05, 0.1) is 9.92 Å². The Morgan fingerprint density at radius 3 is 2.35 bits per heavy atom. The van der Waals surface area contributed by atoms with Crippen LogP contribution in [0.2, 0.25) is 5.02 Å². The summed E-state index contributed by atoms with van der Waals surface area (Å²) in [5.74, 6) is -0.651. The second-order valence-corrected chi connectivity index (χ2v) is 10.4. The molecule has 2 aliphatic heterocycles. The highest BCUT2D eigenvalue weighted by Crippen LogP contribution is 2.28. The lowest BCUT2D eigenvalue weighted by atomic mass is 10.1. The molecule has 0 bridgehead atoms. The van der Waals surface area contributed by atoms with Crippen LogP contribution in [0.5, 0.6) is 0 Å². The fourth-order valence-corrected chi connectivity index (χ4v) is 5.92. The number of piperidine rings is 1. The average Bonchev–Trinajstić information content (AvgIpc) is 3.12. The Bertz CT molecular complexity index is 1070. The number of urea groups is 1. The standard InChI is InChI=1S/C22H25ClFN3O3S/c1-16-2-4-17(5-3-16)15-25-12-13-27(22(25)28)18-8-10-26(11-9-18)31(29,30)19-6-7-21(24)20(23)14-19/h2-7,14,18H,8-13,15H2,1H3. The van der Waals surface area contributed by atoms with Crippen molar-refractivity contribution < 1.29 is 17.6 Å². The van der Waals surface area contributed by atoms with E-state index >= 15 is 0 Å². The fraction of sp³-hybridized carbons (Fsp3) is 0.409. The Morgan fingerprint density at radius 2 is 1.71 bits per heavy atom. The predicted molar refractivity (Wildman–Crippen MR) is 117 cm³/mol. The SMILES string of the molecule is Cc1ccc(CN2CCN(C3CCN(S(=O)(=O)c4ccc(F)c(Cl)c4)CC3)C2=O)cc1. The van der Waals surface area contributed by atoms with E-state index in [2.05, 4.69) is 0 Å². The van der Waals surface area contributed by atoms with Crippen LogP contribution in [0.1, 0.15) is 24.0 Å². The van der Waals surface area contributed by atoms with Crippen LogP contribution in [0, 0.1) is 12.7 Å². The molecule has 2 fully saturated rings. The van der Waals surface area contributed by atoms with E-state index in [1.807, 2.05) is 41.0 Å². The first-order valence-electron chi connectivity index (χ1n) is 10.3. The molecule has 31 heavy (non-hydrogen) atoms. The summed E-state index contributed by atoms with van der Waals surface area (Å²) >= 11 is 5.76. The molecule has 0 unspecified atom stereocenters. The molecule has 2 aliphatic rings. The Balaban J connectivity index is 1.37. The zero-order valence-corrected chi connectivity index (χ0v) is 18.9. The third-order valence-corrected chi connectivity index (χ3v) is 8.20. The van der Waals surface area contributed by atoms with Gasteiger partial charge in [0.15, 0.2) is 0 Å². The molecule has 0 aliphatic carbocycles. The number of hydrogen-bond acceptors (Lipinski definition) is 3. The van der Waals surface area contributed by atoms with Gasteiger partial charge in [-0.05, 0) is 43.5 Å². The number of carbonyl (C=O) groups excluding carboxylic acids is 1. The first-order chi connectivity index (χ1) is 14.8. The monoisotopic (exact) mass is 465 g/mol. The summed E-state index contributed by atoms with van der Waals surface area (Å²) in [5.41, 5.74) is 2.28. The second-order valence-electron chi connectivity index (χ2n) is 8.09. The topological polar surface area (TPSA) is 60.9 Å². The molecule has 0 saturated carbocycles. The first-order valence-corrected chi connectivity index (χ1v) is 12.1. The number of benzene rings is 2. The van der Waals surface area contributed by atoms with E-state index in [0.29, 0.717) is 45.6 Å². The summed E-state index contributed by atoms with van der Waals surface area (Å²) in [6, 6.07) is 11.6. The Morgan fingerprint density at radius 1 is 1.03 bits per heavy atom. The van der Waals surface area contributed by atoms with Crippen LogP contribution in [0.15, 0.2) is 47.4 Å². The minimum Gasteiger partial charge on any atom is -0.320 e. The van der Waals surface area contributed by atoms with E-state index in [1.54, 1.807) is 0 Å². The third kappa shape index (κ3) is 4.56. The second kappa shape index (κ2) is 8.76. The van der Waals surface area contributed by atoms with Crippen molar-refractivity contribution >= 4 is 27.7 Å². The first kappa shape index (κ1) is 22.0. The number of amides is 2. The van der Waals surface area contributed by atoms with Crippen molar-refractivity contribution in [2.24, 2.45) is 0 Å². The molecule has 0 aromatic heterocycles. The van der Waals surface area contributed by atoms with Gasteiger partial charge in [0.2, 0.25) is 10.0 Å². The molecular weight excluding hydrogens is 441 g/mol. The van der Waals surface area contributed by atoms with Gasteiger partial charge in [-0.2, -0.15) is 4.31 Å². The lowest BCUT2D eigenvalue weighted by Crippen LogP contribution is -2.47. The summed E-state index contributed by atoms with van der Waals surface area (Å²) in [4.78, 5) is 16.6. The highest BCUT2D eigenvalue weighted by Gasteiger charge is 2.37. The normalized spacial score (nSPS) is 18.7. The lowest BCUT2D eigenvalue weighted by molar-refractivity contribution is 0.153. The smallest absolute Gasteiger partial charge is 0.320 e. The van der Waals surface area contributed by atoms with E-state index in [1.165, 1.54) is 15.9 Å². The number of carbonyl (C=O) groups is 1. The van der Waals surface area contributed by atoms with Crippen LogP contribution in [-0.4, -0.2) is 60.8 Å². The molecule has 166 valence electrons. The number of halogens is 2. The Kier molecular flexibility index (Phi) is 6.23. The summed E-state index contributed by atoms with van der Waals surface area (Å²) in [7, 11) is -3.75. The molecule has 4 rings (SSSR count). The number of sulfonamides is 1. The van der Waals surface area contributed by atoms with Crippen molar-refractivity contribution in [3.8, 4) is 0 Å². The maximum absolute atomic E-state index is 13.4. The van der Waals surface area contributed by atoms with E-state index in [4.69, 9.17) is 11.6 Å². The third-order valence-electron chi connectivity index (χ3n) is 6.01. The van der Waals surface area contributed by atoms with Crippen LogP contribution in [0.25, 0.3) is 0 Å². The van der Waals surface area contributed by atoms with Crippen LogP contribution in [0.3, 0.4) is 0 Å².